The fourth-order valence-electron chi connectivity index (χ4n) is 1.86. The van der Waals surface area contributed by atoms with Crippen molar-refractivity contribution in [2.24, 2.45) is 5.84 Å². The van der Waals surface area contributed by atoms with Crippen LogP contribution in [-0.2, 0) is 6.42 Å². The van der Waals surface area contributed by atoms with Gasteiger partial charge in [0.25, 0.3) is 0 Å². The van der Waals surface area contributed by atoms with Crippen LogP contribution in [0, 0.1) is 5.82 Å². The van der Waals surface area contributed by atoms with E-state index in [4.69, 9.17) is 5.84 Å². The first-order chi connectivity index (χ1) is 10.1. The van der Waals surface area contributed by atoms with E-state index >= 15 is 0 Å². The molecule has 0 saturated carbocycles. The van der Waals surface area contributed by atoms with E-state index < -0.39 is 0 Å². The molecule has 6 heteroatoms. The largest absolute Gasteiger partial charge is 0.271 e. The van der Waals surface area contributed by atoms with Crippen LogP contribution in [0.5, 0.6) is 0 Å². The van der Waals surface area contributed by atoms with Crippen molar-refractivity contribution in [3.05, 3.63) is 62.8 Å². The summed E-state index contributed by atoms with van der Waals surface area (Å²) in [7, 11) is 0. The van der Waals surface area contributed by atoms with Crippen LogP contribution in [0.25, 0.3) is 0 Å². The van der Waals surface area contributed by atoms with E-state index in [1.165, 1.54) is 11.0 Å². The molecule has 1 unspecified atom stereocenters. The molecule has 0 aliphatic heterocycles. The second kappa shape index (κ2) is 8.29. The zero-order valence-electron chi connectivity index (χ0n) is 11.2. The number of hydrogen-bond donors (Lipinski definition) is 2. The number of benzene rings is 2. The van der Waals surface area contributed by atoms with Crippen molar-refractivity contribution in [1.82, 2.24) is 5.43 Å². The third-order valence-corrected chi connectivity index (χ3v) is 5.45. The van der Waals surface area contributed by atoms with Gasteiger partial charge in [0.1, 0.15) is 5.82 Å². The van der Waals surface area contributed by atoms with Crippen LogP contribution in [0.2, 0.25) is 0 Å². The molecule has 2 rings (SSSR count). The van der Waals surface area contributed by atoms with Gasteiger partial charge in [-0.05, 0) is 54.4 Å². The molecule has 3 N–H and O–H groups in total. The second-order valence-electron chi connectivity index (χ2n) is 4.57. The molecule has 0 saturated heterocycles. The maximum atomic E-state index is 13.3. The Morgan fingerprint density at radius 3 is 2.52 bits per heavy atom. The van der Waals surface area contributed by atoms with Crippen molar-refractivity contribution in [3.63, 3.8) is 0 Å². The molecule has 0 radical (unpaired) electrons. The van der Waals surface area contributed by atoms with Gasteiger partial charge in [-0.1, -0.05) is 31.9 Å². The predicted molar refractivity (Wildman–Crippen MR) is 93.8 cm³/mol. The summed E-state index contributed by atoms with van der Waals surface area (Å²) in [5.74, 6) is 6.19. The van der Waals surface area contributed by atoms with Crippen molar-refractivity contribution in [1.29, 1.82) is 0 Å². The summed E-state index contributed by atoms with van der Waals surface area (Å²) in [5, 5.41) is 0. The lowest BCUT2D eigenvalue weighted by Crippen LogP contribution is -2.38. The van der Waals surface area contributed by atoms with Crippen LogP contribution < -0.4 is 11.3 Å². The molecule has 0 aromatic heterocycles. The highest BCUT2D eigenvalue weighted by Gasteiger charge is 2.11. The quantitative estimate of drug-likeness (QED) is 0.399. The monoisotopic (exact) mass is 432 g/mol. The van der Waals surface area contributed by atoms with Gasteiger partial charge in [0.05, 0.1) is 0 Å². The Kier molecular flexibility index (Phi) is 6.70. The van der Waals surface area contributed by atoms with Gasteiger partial charge in [-0.25, -0.2) is 4.39 Å². The highest BCUT2D eigenvalue weighted by atomic mass is 79.9. The molecule has 2 nitrogen and oxygen atoms in total. The molecule has 2 aromatic rings. The topological polar surface area (TPSA) is 38.0 Å². The minimum Gasteiger partial charge on any atom is -0.271 e. The lowest BCUT2D eigenvalue weighted by Gasteiger charge is -2.16. The summed E-state index contributed by atoms with van der Waals surface area (Å²) in [4.78, 5) is 1.18. The Hall–Kier alpha value is -0.400. The fraction of sp³-hybridized carbons (Fsp3) is 0.200. The van der Waals surface area contributed by atoms with Crippen LogP contribution in [0.1, 0.15) is 5.56 Å². The molecule has 0 amide bonds. The van der Waals surface area contributed by atoms with Gasteiger partial charge in [0.15, 0.2) is 0 Å². The first kappa shape index (κ1) is 17.0. The second-order valence-corrected chi connectivity index (χ2v) is 7.43. The third-order valence-electron chi connectivity index (χ3n) is 2.97. The Bertz CT molecular complexity index is 593. The van der Waals surface area contributed by atoms with Gasteiger partial charge in [0, 0.05) is 25.6 Å². The smallest absolute Gasteiger partial charge is 0.123 e. The van der Waals surface area contributed by atoms with Crippen molar-refractivity contribution in [3.8, 4) is 0 Å². The van der Waals surface area contributed by atoms with Gasteiger partial charge in [-0.3, -0.25) is 11.3 Å². The highest BCUT2D eigenvalue weighted by Crippen LogP contribution is 2.24. The van der Waals surface area contributed by atoms with Crippen LogP contribution in [0.3, 0.4) is 0 Å². The van der Waals surface area contributed by atoms with Crippen LogP contribution in [-0.4, -0.2) is 11.8 Å². The minimum absolute atomic E-state index is 0.0664. The Labute approximate surface area is 144 Å². The number of thioether (sulfide) groups is 1. The first-order valence-electron chi connectivity index (χ1n) is 6.37. The Balaban J connectivity index is 1.96. The van der Waals surface area contributed by atoms with E-state index in [9.17, 15) is 4.39 Å². The summed E-state index contributed by atoms with van der Waals surface area (Å²) >= 11 is 8.58. The maximum absolute atomic E-state index is 13.3. The van der Waals surface area contributed by atoms with E-state index in [0.717, 1.165) is 20.3 Å². The molecule has 0 spiro atoms. The standard InChI is InChI=1S/C15H15Br2FN2S/c16-11-1-4-14(5-2-11)21-9-13(20-19)8-10-7-12(18)3-6-15(10)17/h1-7,13,20H,8-9,19H2. The van der Waals surface area contributed by atoms with Crippen molar-refractivity contribution in [2.45, 2.75) is 17.4 Å². The SMILES string of the molecule is NNC(CSc1ccc(Br)cc1)Cc1cc(F)ccc1Br. The molecule has 112 valence electrons. The van der Waals surface area contributed by atoms with Gasteiger partial charge >= 0.3 is 0 Å². The van der Waals surface area contributed by atoms with Gasteiger partial charge in [0.2, 0.25) is 0 Å². The third kappa shape index (κ3) is 5.38. The molecule has 1 atom stereocenters. The number of halogens is 3. The number of hydrazine groups is 1. The van der Waals surface area contributed by atoms with E-state index in [-0.39, 0.29) is 11.9 Å². The lowest BCUT2D eigenvalue weighted by molar-refractivity contribution is 0.569. The fourth-order valence-corrected chi connectivity index (χ4v) is 3.47. The van der Waals surface area contributed by atoms with E-state index in [0.29, 0.717) is 6.42 Å². The Morgan fingerprint density at radius 1 is 1.14 bits per heavy atom. The van der Waals surface area contributed by atoms with Gasteiger partial charge in [-0.15, -0.1) is 11.8 Å². The lowest BCUT2D eigenvalue weighted by atomic mass is 10.1. The maximum Gasteiger partial charge on any atom is 0.123 e. The zero-order chi connectivity index (χ0) is 15.2. The summed E-state index contributed by atoms with van der Waals surface area (Å²) in [6, 6.07) is 12.9. The van der Waals surface area contributed by atoms with Gasteiger partial charge < -0.3 is 0 Å². The Morgan fingerprint density at radius 2 is 1.86 bits per heavy atom. The van der Waals surface area contributed by atoms with Crippen molar-refractivity contribution in [2.75, 3.05) is 5.75 Å². The molecule has 21 heavy (non-hydrogen) atoms. The normalized spacial score (nSPS) is 12.4. The highest BCUT2D eigenvalue weighted by molar-refractivity contribution is 9.10. The van der Waals surface area contributed by atoms with Crippen LogP contribution in [0.4, 0.5) is 4.39 Å². The van der Waals surface area contributed by atoms with E-state index in [1.807, 2.05) is 12.1 Å². The zero-order valence-corrected chi connectivity index (χ0v) is 15.1. The molecule has 0 aliphatic rings. The van der Waals surface area contributed by atoms with E-state index in [2.05, 4.69) is 49.4 Å². The molecule has 0 aliphatic carbocycles. The average molecular weight is 434 g/mol. The van der Waals surface area contributed by atoms with E-state index in [1.54, 1.807) is 23.9 Å². The number of hydrogen-bond acceptors (Lipinski definition) is 3. The number of nitrogens with two attached hydrogens (primary N) is 1. The van der Waals surface area contributed by atoms with Crippen LogP contribution >= 0.6 is 43.6 Å². The molecular weight excluding hydrogens is 419 g/mol. The van der Waals surface area contributed by atoms with Crippen molar-refractivity contribution < 1.29 is 4.39 Å². The van der Waals surface area contributed by atoms with Crippen LogP contribution in [0.15, 0.2) is 56.3 Å². The molecule has 2 aromatic carbocycles. The summed E-state index contributed by atoms with van der Waals surface area (Å²) < 4.78 is 15.3. The molecule has 0 heterocycles. The van der Waals surface area contributed by atoms with Gasteiger partial charge in [-0.2, -0.15) is 0 Å². The molecule has 0 bridgehead atoms. The first-order valence-corrected chi connectivity index (χ1v) is 8.94. The summed E-state index contributed by atoms with van der Waals surface area (Å²) in [6.45, 7) is 0. The number of rotatable bonds is 6. The summed E-state index contributed by atoms with van der Waals surface area (Å²) in [6.07, 6.45) is 0.665. The molecular formula is C15H15Br2FN2S. The number of nitrogens with one attached hydrogen (secondary N) is 1. The minimum atomic E-state index is -0.232. The van der Waals surface area contributed by atoms with Crippen molar-refractivity contribution >= 4 is 43.6 Å². The average Bonchev–Trinajstić information content (AvgIpc) is 2.48. The predicted octanol–water partition coefficient (Wildman–Crippen LogP) is 4.52. The molecule has 0 fully saturated rings. The summed E-state index contributed by atoms with van der Waals surface area (Å²) in [5.41, 5.74) is 3.72.